The summed E-state index contributed by atoms with van der Waals surface area (Å²) in [5.41, 5.74) is 0.696. The quantitative estimate of drug-likeness (QED) is 0.622. The van der Waals surface area contributed by atoms with Gasteiger partial charge in [0.05, 0.1) is 0 Å². The molecule has 6 unspecified atom stereocenters. The Morgan fingerprint density at radius 2 is 1.74 bits per heavy atom. The van der Waals surface area contributed by atoms with Crippen molar-refractivity contribution in [3.8, 4) is 0 Å². The highest BCUT2D eigenvalue weighted by Gasteiger charge is 2.59. The molecule has 4 saturated carbocycles. The van der Waals surface area contributed by atoms with Crippen LogP contribution in [0.3, 0.4) is 0 Å². The largest absolute Gasteiger partial charge is 0.299 e. The highest BCUT2D eigenvalue weighted by atomic mass is 16.1. The number of Topliss-reactive ketones (excluding diaryl/α,β-unsaturated/α-hetero) is 1. The molecule has 4 rings (SSSR count). The predicted molar refractivity (Wildman–Crippen MR) is 76.7 cm³/mol. The Kier molecular flexibility index (Phi) is 2.52. The van der Waals surface area contributed by atoms with Crippen molar-refractivity contribution in [1.82, 2.24) is 0 Å². The van der Waals surface area contributed by atoms with E-state index >= 15 is 0 Å². The molecule has 6 atom stereocenters. The monoisotopic (exact) mass is 260 g/mol. The highest BCUT2D eigenvalue weighted by Crippen LogP contribution is 2.64. The Morgan fingerprint density at radius 3 is 2.58 bits per heavy atom. The average molecular weight is 260 g/mol. The summed E-state index contributed by atoms with van der Waals surface area (Å²) in [4.78, 5) is 12.8. The topological polar surface area (TPSA) is 17.1 Å². The van der Waals surface area contributed by atoms with Crippen LogP contribution in [-0.2, 0) is 4.79 Å². The van der Waals surface area contributed by atoms with Gasteiger partial charge in [-0.05, 0) is 68.1 Å². The molecule has 4 aliphatic rings. The summed E-state index contributed by atoms with van der Waals surface area (Å²) < 4.78 is 0. The third kappa shape index (κ3) is 1.51. The zero-order valence-electron chi connectivity index (χ0n) is 12.6. The Morgan fingerprint density at radius 1 is 0.947 bits per heavy atom. The zero-order valence-corrected chi connectivity index (χ0v) is 12.6. The molecule has 1 nitrogen and oxygen atoms in total. The van der Waals surface area contributed by atoms with Crippen molar-refractivity contribution in [3.05, 3.63) is 0 Å². The minimum absolute atomic E-state index is 0.0652. The fraction of sp³-hybridized carbons (Fsp3) is 0.944. The summed E-state index contributed by atoms with van der Waals surface area (Å²) in [6.45, 7) is 4.88. The molecule has 0 aliphatic heterocycles. The van der Waals surface area contributed by atoms with Crippen molar-refractivity contribution in [2.75, 3.05) is 0 Å². The Labute approximate surface area is 117 Å². The summed E-state index contributed by atoms with van der Waals surface area (Å²) in [5, 5.41) is 0. The van der Waals surface area contributed by atoms with E-state index in [4.69, 9.17) is 0 Å². The van der Waals surface area contributed by atoms with Gasteiger partial charge >= 0.3 is 0 Å². The Bertz CT molecular complexity index is 414. The molecule has 4 fully saturated rings. The number of fused-ring (bicyclic) bond motifs is 6. The van der Waals surface area contributed by atoms with Gasteiger partial charge in [-0.2, -0.15) is 0 Å². The zero-order chi connectivity index (χ0) is 13.3. The number of rotatable bonds is 0. The lowest BCUT2D eigenvalue weighted by Crippen LogP contribution is -2.55. The molecule has 19 heavy (non-hydrogen) atoms. The first-order valence-corrected chi connectivity index (χ1v) is 8.59. The second-order valence-corrected chi connectivity index (χ2v) is 8.57. The van der Waals surface area contributed by atoms with E-state index in [1.54, 1.807) is 0 Å². The molecular formula is C18H28O. The minimum atomic E-state index is 0.0652. The van der Waals surface area contributed by atoms with Crippen LogP contribution in [0.25, 0.3) is 0 Å². The molecule has 0 amide bonds. The van der Waals surface area contributed by atoms with Gasteiger partial charge in [-0.1, -0.05) is 26.7 Å². The van der Waals surface area contributed by atoms with E-state index in [1.807, 2.05) is 0 Å². The van der Waals surface area contributed by atoms with E-state index in [0.29, 0.717) is 17.1 Å². The van der Waals surface area contributed by atoms with E-state index < -0.39 is 0 Å². The number of hydrogen-bond acceptors (Lipinski definition) is 1. The molecule has 0 saturated heterocycles. The van der Waals surface area contributed by atoms with Crippen LogP contribution in [-0.4, -0.2) is 5.78 Å². The van der Waals surface area contributed by atoms with Crippen LogP contribution in [0.15, 0.2) is 0 Å². The van der Waals surface area contributed by atoms with E-state index in [2.05, 4.69) is 13.8 Å². The van der Waals surface area contributed by atoms with Crippen molar-refractivity contribution >= 4 is 5.78 Å². The summed E-state index contributed by atoms with van der Waals surface area (Å²) >= 11 is 0. The van der Waals surface area contributed by atoms with Crippen molar-refractivity contribution in [2.45, 2.75) is 71.6 Å². The van der Waals surface area contributed by atoms with Crippen molar-refractivity contribution in [2.24, 2.45) is 34.5 Å². The van der Waals surface area contributed by atoms with Gasteiger partial charge in [0, 0.05) is 11.3 Å². The molecule has 106 valence electrons. The van der Waals surface area contributed by atoms with Crippen LogP contribution in [0.1, 0.15) is 71.6 Å². The van der Waals surface area contributed by atoms with E-state index in [0.717, 1.165) is 17.8 Å². The lowest BCUT2D eigenvalue weighted by molar-refractivity contribution is -0.157. The van der Waals surface area contributed by atoms with Crippen LogP contribution in [0.4, 0.5) is 0 Å². The smallest absolute Gasteiger partial charge is 0.142 e. The van der Waals surface area contributed by atoms with Crippen molar-refractivity contribution in [1.29, 1.82) is 0 Å². The summed E-state index contributed by atoms with van der Waals surface area (Å²) in [6, 6.07) is 0. The van der Waals surface area contributed by atoms with Gasteiger partial charge in [-0.25, -0.2) is 0 Å². The molecule has 0 aromatic carbocycles. The normalized spacial score (nSPS) is 56.6. The molecule has 0 N–H and O–H groups in total. The maximum atomic E-state index is 12.8. The SMILES string of the molecule is CC12CCCC1C1CC3CCCC(C)(C3=O)C1CC2. The number of ketones is 1. The average Bonchev–Trinajstić information content (AvgIpc) is 2.75. The van der Waals surface area contributed by atoms with Gasteiger partial charge in [-0.3, -0.25) is 4.79 Å². The second-order valence-electron chi connectivity index (χ2n) is 8.57. The first kappa shape index (κ1) is 12.4. The van der Waals surface area contributed by atoms with Gasteiger partial charge < -0.3 is 0 Å². The number of carbonyl (C=O) groups is 1. The van der Waals surface area contributed by atoms with Crippen molar-refractivity contribution < 1.29 is 4.79 Å². The number of carbonyl (C=O) groups excluding carboxylic acids is 1. The van der Waals surface area contributed by atoms with E-state index in [1.165, 1.54) is 57.8 Å². The molecular weight excluding hydrogens is 232 g/mol. The fourth-order valence-electron chi connectivity index (χ4n) is 6.76. The van der Waals surface area contributed by atoms with Gasteiger partial charge in [0.25, 0.3) is 0 Å². The Balaban J connectivity index is 1.72. The highest BCUT2D eigenvalue weighted by molar-refractivity contribution is 5.88. The maximum absolute atomic E-state index is 12.8. The van der Waals surface area contributed by atoms with E-state index in [-0.39, 0.29) is 5.41 Å². The Hall–Kier alpha value is -0.330. The third-order valence-electron chi connectivity index (χ3n) is 7.78. The lowest BCUT2D eigenvalue weighted by Gasteiger charge is -2.58. The van der Waals surface area contributed by atoms with Crippen LogP contribution < -0.4 is 0 Å². The molecule has 0 radical (unpaired) electrons. The molecule has 0 heterocycles. The van der Waals surface area contributed by atoms with Crippen LogP contribution >= 0.6 is 0 Å². The van der Waals surface area contributed by atoms with Crippen molar-refractivity contribution in [3.63, 3.8) is 0 Å². The lowest BCUT2D eigenvalue weighted by atomic mass is 9.45. The van der Waals surface area contributed by atoms with Gasteiger partial charge in [0.2, 0.25) is 0 Å². The first-order chi connectivity index (χ1) is 9.05. The third-order valence-corrected chi connectivity index (χ3v) is 7.78. The molecule has 0 aromatic heterocycles. The maximum Gasteiger partial charge on any atom is 0.142 e. The molecule has 2 bridgehead atoms. The summed E-state index contributed by atoms with van der Waals surface area (Å²) in [7, 11) is 0. The first-order valence-electron chi connectivity index (χ1n) is 8.59. The minimum Gasteiger partial charge on any atom is -0.299 e. The van der Waals surface area contributed by atoms with Gasteiger partial charge in [0.1, 0.15) is 5.78 Å². The van der Waals surface area contributed by atoms with Crippen LogP contribution in [0.2, 0.25) is 0 Å². The molecule has 0 aromatic rings. The number of hydrogen-bond donors (Lipinski definition) is 0. The predicted octanol–water partition coefficient (Wildman–Crippen LogP) is 4.60. The molecule has 1 heteroatoms. The molecule has 4 aliphatic carbocycles. The fourth-order valence-corrected chi connectivity index (χ4v) is 6.76. The van der Waals surface area contributed by atoms with Crippen LogP contribution in [0.5, 0.6) is 0 Å². The molecule has 0 spiro atoms. The van der Waals surface area contributed by atoms with Gasteiger partial charge in [0.15, 0.2) is 0 Å². The summed E-state index contributed by atoms with van der Waals surface area (Å²) in [6.07, 6.45) is 12.0. The van der Waals surface area contributed by atoms with Gasteiger partial charge in [-0.15, -0.1) is 0 Å². The van der Waals surface area contributed by atoms with E-state index in [9.17, 15) is 4.79 Å². The second kappa shape index (κ2) is 3.86. The standard InChI is InChI=1S/C18H28O/c1-17-8-4-6-14(17)13-11-12-5-3-9-18(2,16(12)19)15(13)7-10-17/h12-15H,3-11H2,1-2H3. The van der Waals surface area contributed by atoms with Crippen LogP contribution in [0, 0.1) is 34.5 Å². The summed E-state index contributed by atoms with van der Waals surface area (Å²) in [5.74, 6) is 3.64.